The van der Waals surface area contributed by atoms with Gasteiger partial charge in [0.25, 0.3) is 31.9 Å². The molecule has 6 N–H and O–H groups in total. The van der Waals surface area contributed by atoms with Crippen molar-refractivity contribution >= 4 is 47.8 Å². The zero-order chi connectivity index (χ0) is 43.8. The fraction of sp³-hybridized carbons (Fsp3) is 0.270. The number of sulfonamides is 3. The van der Waals surface area contributed by atoms with Gasteiger partial charge in [-0.25, -0.2) is 40.9 Å². The maximum absolute atomic E-state index is 13.0. The zero-order valence-electron chi connectivity index (χ0n) is 32.4. The largest absolute Gasteiger partial charge is 0.356 e. The molecule has 320 valence electrons. The van der Waals surface area contributed by atoms with Crippen molar-refractivity contribution in [1.82, 2.24) is 29.9 Å². The van der Waals surface area contributed by atoms with Gasteiger partial charge >= 0.3 is 0 Å². The van der Waals surface area contributed by atoms with Crippen LogP contribution >= 0.6 is 0 Å². The van der Waals surface area contributed by atoms with Crippen LogP contribution in [0.1, 0.15) is 19.8 Å². The highest BCUT2D eigenvalue weighted by atomic mass is 32.2. The van der Waals surface area contributed by atoms with Crippen LogP contribution in [0.4, 0.5) is 0 Å². The van der Waals surface area contributed by atoms with Crippen molar-refractivity contribution in [2.24, 2.45) is 0 Å². The van der Waals surface area contributed by atoms with E-state index in [1.165, 1.54) is 42.1 Å². The first-order chi connectivity index (χ1) is 27.9. The van der Waals surface area contributed by atoms with E-state index in [2.05, 4.69) is 10.0 Å². The van der Waals surface area contributed by atoms with Crippen molar-refractivity contribution < 1.29 is 59.7 Å². The molecule has 0 aromatic heterocycles. The molecule has 59 heavy (non-hydrogen) atoms. The summed E-state index contributed by atoms with van der Waals surface area (Å²) in [6.45, 7) is 1.05. The van der Waals surface area contributed by atoms with Crippen molar-refractivity contribution in [2.45, 2.75) is 41.6 Å². The van der Waals surface area contributed by atoms with Gasteiger partial charge in [-0.05, 0) is 59.4 Å². The number of amides is 3. The van der Waals surface area contributed by atoms with Crippen molar-refractivity contribution in [2.75, 3.05) is 33.6 Å². The van der Waals surface area contributed by atoms with Gasteiger partial charge in [0.05, 0.1) is 30.3 Å². The second kappa shape index (κ2) is 22.3. The molecule has 0 aliphatic heterocycles. The first-order valence-electron chi connectivity index (χ1n) is 17.5. The molecule has 0 spiro atoms. The topological polar surface area (TPSA) is 267 Å². The van der Waals surface area contributed by atoms with Crippen LogP contribution in [-0.2, 0) is 54.1 Å². The van der Waals surface area contributed by atoms with E-state index in [0.29, 0.717) is 8.94 Å². The van der Waals surface area contributed by atoms with Gasteiger partial charge in [0.2, 0.25) is 15.9 Å². The first kappa shape index (κ1) is 48.2. The number of hydrogen-bond donors (Lipinski definition) is 6. The molecule has 0 unspecified atom stereocenters. The molecule has 4 aromatic carbocycles. The van der Waals surface area contributed by atoms with Crippen molar-refractivity contribution in [3.8, 4) is 22.3 Å². The summed E-state index contributed by atoms with van der Waals surface area (Å²) in [7, 11) is -9.94. The average Bonchev–Trinajstić information content (AvgIpc) is 3.22. The summed E-state index contributed by atoms with van der Waals surface area (Å²) in [6, 6.07) is 27.9. The maximum atomic E-state index is 13.0. The van der Waals surface area contributed by atoms with Crippen molar-refractivity contribution in [3.05, 3.63) is 109 Å². The Balaban J connectivity index is 0.000000316. The van der Waals surface area contributed by atoms with E-state index in [1.807, 2.05) is 60.7 Å². The monoisotopic (exact) mass is 878 g/mol. The minimum absolute atomic E-state index is 0.00967. The molecule has 3 amide bonds. The van der Waals surface area contributed by atoms with Gasteiger partial charge in [0, 0.05) is 20.0 Å². The summed E-state index contributed by atoms with van der Waals surface area (Å²) < 4.78 is 77.7. The van der Waals surface area contributed by atoms with Crippen LogP contribution in [-0.4, -0.2) is 108 Å². The first-order valence-corrected chi connectivity index (χ1v) is 22.2. The molecular weight excluding hydrogens is 833 g/mol. The van der Waals surface area contributed by atoms with Crippen LogP contribution in [0.5, 0.6) is 0 Å². The summed E-state index contributed by atoms with van der Waals surface area (Å²) in [5.74, 6) is -2.39. The molecule has 0 saturated carbocycles. The van der Waals surface area contributed by atoms with E-state index >= 15 is 0 Å². The van der Waals surface area contributed by atoms with E-state index in [-0.39, 0.29) is 41.6 Å². The Kier molecular flexibility index (Phi) is 18.2. The summed E-state index contributed by atoms with van der Waals surface area (Å²) in [6.07, 6.45) is 0.531. The molecule has 4 aromatic rings. The molecule has 22 heteroatoms. The molecular formula is C37H46N6O13S3. The Labute approximate surface area is 342 Å². The molecule has 0 heterocycles. The maximum Gasteiger partial charge on any atom is 0.265 e. The number of hydrogen-bond acceptors (Lipinski definition) is 13. The highest BCUT2D eigenvalue weighted by Gasteiger charge is 2.38. The molecule has 0 saturated heterocycles. The molecule has 0 radical (unpaired) electrons. The summed E-state index contributed by atoms with van der Waals surface area (Å²) in [5, 5.41) is 20.5. The molecule has 0 fully saturated rings. The number of carbonyl (C=O) groups excluding carboxylic acids is 3. The molecule has 19 nitrogen and oxygen atoms in total. The van der Waals surface area contributed by atoms with Crippen LogP contribution in [0.2, 0.25) is 0 Å². The number of nitrogens with zero attached hydrogens (tertiary/aromatic N) is 2. The summed E-state index contributed by atoms with van der Waals surface area (Å²) in [5.41, 5.74) is 6.25. The minimum Gasteiger partial charge on any atom is -0.356 e. The number of benzene rings is 4. The van der Waals surface area contributed by atoms with Gasteiger partial charge in [-0.3, -0.25) is 34.5 Å². The molecule has 0 aliphatic carbocycles. The highest BCUT2D eigenvalue weighted by Crippen LogP contribution is 2.26. The fourth-order valence-electron chi connectivity index (χ4n) is 5.47. The van der Waals surface area contributed by atoms with Gasteiger partial charge in [0.15, 0.2) is 0 Å². The molecule has 2 atom stereocenters. The SMILES string of the molecule is CON([C@H](CCNC(C)=O)C(=O)NO)S(=O)(=O)c1ccc(-c2ccccc2)cc1.CON([C@H](CCNS(C)(=O)=O)C(=O)NO)S(=O)(=O)c1ccc(-c2ccccc2)cc1. The number of rotatable bonds is 19. The van der Waals surface area contributed by atoms with Crippen LogP contribution in [0.25, 0.3) is 22.3 Å². The summed E-state index contributed by atoms with van der Waals surface area (Å²) >= 11 is 0. The minimum atomic E-state index is -4.31. The lowest BCUT2D eigenvalue weighted by atomic mass is 10.1. The Morgan fingerprint density at radius 3 is 1.22 bits per heavy atom. The summed E-state index contributed by atoms with van der Waals surface area (Å²) in [4.78, 5) is 44.9. The third-order valence-corrected chi connectivity index (χ3v) is 12.5. The van der Waals surface area contributed by atoms with Crippen LogP contribution in [0.15, 0.2) is 119 Å². The lowest BCUT2D eigenvalue weighted by Gasteiger charge is -2.27. The quantitative estimate of drug-likeness (QED) is 0.0583. The van der Waals surface area contributed by atoms with E-state index in [0.717, 1.165) is 42.7 Å². The van der Waals surface area contributed by atoms with Gasteiger partial charge in [-0.2, -0.15) is 0 Å². The third-order valence-electron chi connectivity index (χ3n) is 8.26. The number of nitrogens with one attached hydrogen (secondary N) is 4. The lowest BCUT2D eigenvalue weighted by molar-refractivity contribution is -0.148. The third kappa shape index (κ3) is 13.7. The number of hydroxylamine groups is 4. The second-order valence-electron chi connectivity index (χ2n) is 12.4. The van der Waals surface area contributed by atoms with Gasteiger partial charge in [0.1, 0.15) is 12.1 Å². The van der Waals surface area contributed by atoms with E-state index in [1.54, 1.807) is 24.3 Å². The Hall–Kier alpha value is -5.14. The predicted molar refractivity (Wildman–Crippen MR) is 214 cm³/mol. The van der Waals surface area contributed by atoms with Crippen molar-refractivity contribution in [1.29, 1.82) is 0 Å². The molecule has 0 bridgehead atoms. The molecule has 4 rings (SSSR count). The highest BCUT2D eigenvalue weighted by molar-refractivity contribution is 7.89. The average molecular weight is 879 g/mol. The Bertz CT molecular complexity index is 2320. The van der Waals surface area contributed by atoms with Gasteiger partial charge < -0.3 is 5.32 Å². The Morgan fingerprint density at radius 2 is 0.915 bits per heavy atom. The molecule has 0 aliphatic rings. The fourth-order valence-corrected chi connectivity index (χ4v) is 8.80. The van der Waals surface area contributed by atoms with Crippen LogP contribution < -0.4 is 21.0 Å². The zero-order valence-corrected chi connectivity index (χ0v) is 34.8. The predicted octanol–water partition coefficient (Wildman–Crippen LogP) is 2.02. The van der Waals surface area contributed by atoms with Gasteiger partial charge in [-0.15, -0.1) is 0 Å². The van der Waals surface area contributed by atoms with Crippen molar-refractivity contribution in [3.63, 3.8) is 0 Å². The van der Waals surface area contributed by atoms with Gasteiger partial charge in [-0.1, -0.05) is 93.9 Å². The van der Waals surface area contributed by atoms with E-state index in [9.17, 15) is 39.6 Å². The van der Waals surface area contributed by atoms with E-state index in [4.69, 9.17) is 20.1 Å². The van der Waals surface area contributed by atoms with E-state index < -0.39 is 54.0 Å². The lowest BCUT2D eigenvalue weighted by Crippen LogP contribution is -2.49. The smallest absolute Gasteiger partial charge is 0.265 e. The Morgan fingerprint density at radius 1 is 0.576 bits per heavy atom. The second-order valence-corrected chi connectivity index (χ2v) is 17.8. The van der Waals surface area contributed by atoms with Crippen LogP contribution in [0.3, 0.4) is 0 Å². The standard InChI is InChI=1S/C19H23N3O6S.C18H23N3O7S2/c1-14(23)20-13-12-18(19(24)21-25)22(28-2)29(26,27)17-10-8-16(9-11-17)15-6-4-3-5-7-15;1-28-21(17(18(22)20-23)12-13-19-29(2,24)25)30(26,27)16-10-8-15(9-11-16)14-6-4-3-5-7-14/h3-11,18,25H,12-13H2,1-2H3,(H,20,23)(H,21,24);3-11,17,19,23H,12-13H2,1-2H3,(H,20,22)/t18-;17-/m11/s1. The number of carbonyl (C=O) groups is 3. The normalized spacial score (nSPS) is 12.8. The van der Waals surface area contributed by atoms with Crippen LogP contribution in [0, 0.1) is 0 Å².